The Hall–Kier alpha value is -1.20. The third kappa shape index (κ3) is 3.04. The maximum atomic E-state index is 14.1. The lowest BCUT2D eigenvalue weighted by Gasteiger charge is -2.29. The van der Waals surface area contributed by atoms with E-state index in [0.717, 1.165) is 26.1 Å². The molecule has 4 nitrogen and oxygen atoms in total. The summed E-state index contributed by atoms with van der Waals surface area (Å²) in [6.45, 7) is 3.51. The zero-order chi connectivity index (χ0) is 14.0. The van der Waals surface area contributed by atoms with Crippen molar-refractivity contribution in [1.82, 2.24) is 0 Å². The monoisotopic (exact) mass is 287 g/mol. The number of halogens is 2. The molecule has 1 fully saturated rings. The van der Waals surface area contributed by atoms with Crippen LogP contribution in [0.3, 0.4) is 0 Å². The van der Waals surface area contributed by atoms with E-state index < -0.39 is 5.82 Å². The first-order valence-corrected chi connectivity index (χ1v) is 6.75. The minimum atomic E-state index is -0.585. The van der Waals surface area contributed by atoms with Crippen LogP contribution in [0.1, 0.15) is 19.8 Å². The average molecular weight is 288 g/mol. The first-order chi connectivity index (χ1) is 9.00. The van der Waals surface area contributed by atoms with Gasteiger partial charge in [-0.3, -0.25) is 0 Å². The predicted molar refractivity (Wildman–Crippen MR) is 76.9 cm³/mol. The maximum Gasteiger partial charge on any atom is 0.169 e. The molecule has 1 aromatic rings. The molecular weight excluding hydrogens is 269 g/mol. The highest BCUT2D eigenvalue weighted by Crippen LogP contribution is 2.35. The van der Waals surface area contributed by atoms with Crippen molar-refractivity contribution in [1.29, 1.82) is 0 Å². The van der Waals surface area contributed by atoms with E-state index in [1.807, 2.05) is 6.92 Å². The Morgan fingerprint density at radius 3 is 2.63 bits per heavy atom. The predicted octanol–water partition coefficient (Wildman–Crippen LogP) is 2.87. The Labute approximate surface area is 117 Å². The molecule has 2 rings (SSSR count). The number of hydrogen-bond acceptors (Lipinski definition) is 4. The zero-order valence-corrected chi connectivity index (χ0v) is 11.6. The highest BCUT2D eigenvalue weighted by molar-refractivity contribution is 6.33. The van der Waals surface area contributed by atoms with Crippen LogP contribution in [0.4, 0.5) is 21.5 Å². The second-order valence-electron chi connectivity index (χ2n) is 4.94. The van der Waals surface area contributed by atoms with Gasteiger partial charge in [0.05, 0.1) is 17.1 Å². The van der Waals surface area contributed by atoms with E-state index >= 15 is 0 Å². The van der Waals surface area contributed by atoms with Crippen LogP contribution in [0.2, 0.25) is 5.02 Å². The molecule has 1 atom stereocenters. The molecule has 1 aromatic carbocycles. The fourth-order valence-corrected chi connectivity index (χ4v) is 2.52. The average Bonchev–Trinajstić information content (AvgIpc) is 2.42. The molecule has 0 spiro atoms. The van der Waals surface area contributed by atoms with Crippen molar-refractivity contribution < 1.29 is 9.13 Å². The zero-order valence-electron chi connectivity index (χ0n) is 10.9. The van der Waals surface area contributed by atoms with Crippen LogP contribution in [0.25, 0.3) is 0 Å². The van der Waals surface area contributed by atoms with Crippen molar-refractivity contribution in [2.24, 2.45) is 5.92 Å². The lowest BCUT2D eigenvalue weighted by molar-refractivity contribution is 0.0622. The van der Waals surface area contributed by atoms with Crippen molar-refractivity contribution in [2.75, 3.05) is 30.0 Å². The van der Waals surface area contributed by atoms with Crippen LogP contribution in [-0.2, 0) is 4.74 Å². The molecule has 0 saturated carbocycles. The summed E-state index contributed by atoms with van der Waals surface area (Å²) in [4.78, 5) is 0. The fraction of sp³-hybridized carbons (Fsp3) is 0.538. The van der Waals surface area contributed by atoms with E-state index in [4.69, 9.17) is 27.8 Å². The second kappa shape index (κ2) is 5.84. The van der Waals surface area contributed by atoms with Gasteiger partial charge in [0.15, 0.2) is 5.82 Å². The van der Waals surface area contributed by atoms with Crippen LogP contribution in [0.15, 0.2) is 6.07 Å². The normalized spacial score (nSPS) is 18.3. The summed E-state index contributed by atoms with van der Waals surface area (Å²) in [7, 11) is 0. The van der Waals surface area contributed by atoms with Crippen molar-refractivity contribution >= 4 is 28.7 Å². The lowest BCUT2D eigenvalue weighted by Crippen LogP contribution is -2.31. The van der Waals surface area contributed by atoms with E-state index in [0.29, 0.717) is 5.92 Å². The van der Waals surface area contributed by atoms with E-state index in [9.17, 15) is 4.39 Å². The van der Waals surface area contributed by atoms with E-state index in [-0.39, 0.29) is 28.1 Å². The van der Waals surface area contributed by atoms with Gasteiger partial charge in [0.25, 0.3) is 0 Å². The number of ether oxygens (including phenoxy) is 1. The van der Waals surface area contributed by atoms with Crippen LogP contribution in [0, 0.1) is 11.7 Å². The third-order valence-corrected chi connectivity index (χ3v) is 3.99. The quantitative estimate of drug-likeness (QED) is 0.748. The van der Waals surface area contributed by atoms with Gasteiger partial charge in [0.1, 0.15) is 5.02 Å². The summed E-state index contributed by atoms with van der Waals surface area (Å²) in [6, 6.07) is 1.57. The van der Waals surface area contributed by atoms with Gasteiger partial charge < -0.3 is 21.5 Å². The number of anilines is 3. The highest BCUT2D eigenvalue weighted by Gasteiger charge is 2.23. The minimum absolute atomic E-state index is 0.0872. The highest BCUT2D eigenvalue weighted by atomic mass is 35.5. The lowest BCUT2D eigenvalue weighted by atomic mass is 9.92. The van der Waals surface area contributed by atoms with Crippen LogP contribution < -0.4 is 16.8 Å². The third-order valence-electron chi connectivity index (χ3n) is 3.61. The van der Waals surface area contributed by atoms with Gasteiger partial charge in [-0.05, 0) is 31.7 Å². The maximum absolute atomic E-state index is 14.1. The molecule has 19 heavy (non-hydrogen) atoms. The first-order valence-electron chi connectivity index (χ1n) is 6.38. The Morgan fingerprint density at radius 2 is 2.00 bits per heavy atom. The van der Waals surface area contributed by atoms with Crippen molar-refractivity contribution in [3.05, 3.63) is 16.9 Å². The number of nitrogens with two attached hydrogens (primary N) is 2. The van der Waals surface area contributed by atoms with Crippen LogP contribution in [0.5, 0.6) is 0 Å². The fourth-order valence-electron chi connectivity index (χ4n) is 2.37. The molecule has 106 valence electrons. The first kappa shape index (κ1) is 14.2. The van der Waals surface area contributed by atoms with Gasteiger partial charge in [0.2, 0.25) is 0 Å². The van der Waals surface area contributed by atoms with E-state index in [2.05, 4.69) is 5.32 Å². The summed E-state index contributed by atoms with van der Waals surface area (Å²) in [5, 5.41) is 3.03. The van der Waals surface area contributed by atoms with Gasteiger partial charge in [-0.2, -0.15) is 0 Å². The molecule has 0 bridgehead atoms. The summed E-state index contributed by atoms with van der Waals surface area (Å²) in [6.07, 6.45) is 1.91. The molecule has 0 amide bonds. The SMILES string of the molecule is CC(Nc1c(N)cc(N)c(Cl)c1F)C1CCOCC1. The van der Waals surface area contributed by atoms with Gasteiger partial charge in [-0.1, -0.05) is 11.6 Å². The van der Waals surface area contributed by atoms with Crippen LogP contribution in [-0.4, -0.2) is 19.3 Å². The van der Waals surface area contributed by atoms with Crippen molar-refractivity contribution in [3.8, 4) is 0 Å². The molecule has 0 aromatic heterocycles. The van der Waals surface area contributed by atoms with Crippen LogP contribution >= 0.6 is 11.6 Å². The largest absolute Gasteiger partial charge is 0.397 e. The molecule has 1 unspecified atom stereocenters. The molecule has 1 aliphatic rings. The molecular formula is C13H19ClFN3O. The van der Waals surface area contributed by atoms with Crippen molar-refractivity contribution in [2.45, 2.75) is 25.8 Å². The van der Waals surface area contributed by atoms with Gasteiger partial charge in [-0.15, -0.1) is 0 Å². The molecule has 6 heteroatoms. The Morgan fingerprint density at radius 1 is 1.37 bits per heavy atom. The topological polar surface area (TPSA) is 73.3 Å². The summed E-state index contributed by atoms with van der Waals surface area (Å²) in [5.41, 5.74) is 12.0. The Bertz CT molecular complexity index is 464. The molecule has 1 saturated heterocycles. The molecule has 0 aliphatic carbocycles. The molecule has 1 heterocycles. The molecule has 5 N–H and O–H groups in total. The molecule has 1 aliphatic heterocycles. The minimum Gasteiger partial charge on any atom is -0.397 e. The number of benzene rings is 1. The number of nitrogens with one attached hydrogen (secondary N) is 1. The summed E-state index contributed by atoms with van der Waals surface area (Å²) < 4.78 is 19.4. The standard InChI is InChI=1S/C13H19ClFN3O/c1-7(8-2-4-19-5-3-8)18-13-10(17)6-9(16)11(14)12(13)15/h6-8,18H,2-5,16-17H2,1H3. The van der Waals surface area contributed by atoms with Crippen molar-refractivity contribution in [3.63, 3.8) is 0 Å². The van der Waals surface area contributed by atoms with Gasteiger partial charge in [0, 0.05) is 19.3 Å². The second-order valence-corrected chi connectivity index (χ2v) is 5.32. The molecule has 0 radical (unpaired) electrons. The Balaban J connectivity index is 2.16. The number of nitrogen functional groups attached to an aromatic ring is 2. The Kier molecular flexibility index (Phi) is 4.37. The summed E-state index contributed by atoms with van der Waals surface area (Å²) in [5.74, 6) is -0.151. The summed E-state index contributed by atoms with van der Waals surface area (Å²) >= 11 is 5.81. The van der Waals surface area contributed by atoms with Gasteiger partial charge >= 0.3 is 0 Å². The van der Waals surface area contributed by atoms with Gasteiger partial charge in [-0.25, -0.2) is 4.39 Å². The smallest absolute Gasteiger partial charge is 0.169 e. The number of rotatable bonds is 3. The van der Waals surface area contributed by atoms with E-state index in [1.165, 1.54) is 6.07 Å². The van der Waals surface area contributed by atoms with E-state index in [1.54, 1.807) is 0 Å². The number of hydrogen-bond donors (Lipinski definition) is 3.